The van der Waals surface area contributed by atoms with Crippen LogP contribution in [0.1, 0.15) is 51.8 Å². The molecule has 5 N–H and O–H groups in total. The Kier molecular flexibility index (Phi) is 9.41. The maximum absolute atomic E-state index is 12.7. The lowest BCUT2D eigenvalue weighted by Crippen LogP contribution is -2.06. The molecule has 0 radical (unpaired) electrons. The van der Waals surface area contributed by atoms with Gasteiger partial charge < -0.3 is 44.5 Å². The van der Waals surface area contributed by atoms with E-state index < -0.39 is 52.7 Å². The molecule has 0 saturated heterocycles. The van der Waals surface area contributed by atoms with Gasteiger partial charge in [0.1, 0.15) is 28.6 Å². The van der Waals surface area contributed by atoms with Crippen molar-refractivity contribution in [3.63, 3.8) is 0 Å². The van der Waals surface area contributed by atoms with Gasteiger partial charge in [-0.2, -0.15) is 0 Å². The summed E-state index contributed by atoms with van der Waals surface area (Å²) in [7, 11) is 0. The third-order valence-electron chi connectivity index (χ3n) is 6.60. The summed E-state index contributed by atoms with van der Waals surface area (Å²) < 4.78 is 24.1. The molecule has 0 unspecified atom stereocenters. The second-order valence-electron chi connectivity index (χ2n) is 9.95. The molecule has 14 heteroatoms. The topological polar surface area (TPSA) is 223 Å². The monoisotopic (exact) mass is 666 g/mol. The third kappa shape index (κ3) is 7.73. The third-order valence-corrected chi connectivity index (χ3v) is 6.60. The molecule has 5 aromatic rings. The highest BCUT2D eigenvalue weighted by Crippen LogP contribution is 2.52. The quantitative estimate of drug-likeness (QED) is 0.0829. The molecule has 14 nitrogen and oxygen atoms in total. The molecule has 0 aliphatic heterocycles. The van der Waals surface area contributed by atoms with Crippen LogP contribution < -0.4 is 18.9 Å². The first-order chi connectivity index (χ1) is 23.4. The van der Waals surface area contributed by atoms with Crippen LogP contribution in [-0.4, -0.2) is 55.4 Å². The summed E-state index contributed by atoms with van der Waals surface area (Å²) in [5.74, 6) is -9.12. The van der Waals surface area contributed by atoms with Crippen LogP contribution in [0.5, 0.6) is 46.0 Å². The lowest BCUT2D eigenvalue weighted by atomic mass is 10.1. The molecule has 5 rings (SSSR count). The molecular weight excluding hydrogens is 644 g/mol. The highest BCUT2D eigenvalue weighted by Gasteiger charge is 2.30. The van der Waals surface area contributed by atoms with E-state index in [9.17, 15) is 49.5 Å². The molecule has 246 valence electrons. The fourth-order valence-electron chi connectivity index (χ4n) is 4.38. The SMILES string of the molecule is O=C(O)c1cccc(Oc2cc(C(=O)O)c(Oc3cccc(C(=O)O)c3)c(Oc3cccc(C(=O)O)c3)c2Oc2cccc(C(=O)O)c2)c1. The second kappa shape index (κ2) is 14.0. The molecule has 49 heavy (non-hydrogen) atoms. The standard InChI is InChI=1S/C35H22O14/c36-31(37)18-5-1-9-22(13-18)46-27-17-26(35(44)45)28(47-23-10-2-6-19(14-23)32(38)39)30(49-25-12-4-8-21(16-25)34(42)43)29(27)48-24-11-3-7-20(15-24)33(40)41/h1-17H,(H,36,37)(H,38,39)(H,40,41)(H,42,43)(H,44,45). The Labute approximate surface area is 275 Å². The Morgan fingerprint density at radius 2 is 0.694 bits per heavy atom. The molecule has 0 aliphatic carbocycles. The van der Waals surface area contributed by atoms with Gasteiger partial charge in [0, 0.05) is 6.07 Å². The molecule has 0 bridgehead atoms. The number of hydrogen-bond acceptors (Lipinski definition) is 9. The van der Waals surface area contributed by atoms with Crippen molar-refractivity contribution in [3.05, 3.63) is 131 Å². The molecule has 0 saturated carbocycles. The van der Waals surface area contributed by atoms with E-state index in [1.165, 1.54) is 72.8 Å². The van der Waals surface area contributed by atoms with Crippen molar-refractivity contribution in [1.82, 2.24) is 0 Å². The Hall–Kier alpha value is -7.35. The van der Waals surface area contributed by atoms with Crippen molar-refractivity contribution >= 4 is 29.8 Å². The van der Waals surface area contributed by atoms with Crippen molar-refractivity contribution < 1.29 is 68.5 Å². The van der Waals surface area contributed by atoms with Gasteiger partial charge in [0.25, 0.3) is 0 Å². The average molecular weight is 667 g/mol. The smallest absolute Gasteiger partial charge is 0.339 e. The van der Waals surface area contributed by atoms with Crippen LogP contribution in [0, 0.1) is 0 Å². The molecular formula is C35H22O14. The lowest BCUT2D eigenvalue weighted by molar-refractivity contribution is 0.0682. The van der Waals surface area contributed by atoms with E-state index in [0.29, 0.717) is 0 Å². The molecule has 0 heterocycles. The number of rotatable bonds is 13. The zero-order valence-corrected chi connectivity index (χ0v) is 24.7. The van der Waals surface area contributed by atoms with Gasteiger partial charge in [0.2, 0.25) is 11.5 Å². The summed E-state index contributed by atoms with van der Waals surface area (Å²) in [6, 6.07) is 21.5. The fourth-order valence-corrected chi connectivity index (χ4v) is 4.38. The number of carboxylic acids is 5. The minimum atomic E-state index is -1.59. The number of ether oxygens (including phenoxy) is 4. The molecule has 0 fully saturated rings. The Morgan fingerprint density at radius 3 is 1.04 bits per heavy atom. The van der Waals surface area contributed by atoms with E-state index in [1.807, 2.05) is 0 Å². The van der Waals surface area contributed by atoms with Crippen molar-refractivity contribution in [2.45, 2.75) is 0 Å². The minimum absolute atomic E-state index is 0.0815. The highest BCUT2D eigenvalue weighted by atomic mass is 16.6. The predicted octanol–water partition coefficient (Wildman–Crippen LogP) is 7.35. The van der Waals surface area contributed by atoms with Crippen LogP contribution in [0.3, 0.4) is 0 Å². The molecule has 0 amide bonds. The zero-order chi connectivity index (χ0) is 35.2. The van der Waals surface area contributed by atoms with E-state index in [-0.39, 0.29) is 51.0 Å². The number of benzene rings is 5. The number of carboxylic acid groups (broad SMARTS) is 5. The first-order valence-electron chi connectivity index (χ1n) is 13.9. The van der Waals surface area contributed by atoms with E-state index >= 15 is 0 Å². The lowest BCUT2D eigenvalue weighted by Gasteiger charge is -2.21. The van der Waals surface area contributed by atoms with Crippen LogP contribution in [0.2, 0.25) is 0 Å². The predicted molar refractivity (Wildman–Crippen MR) is 167 cm³/mol. The number of hydrogen-bond donors (Lipinski definition) is 5. The van der Waals surface area contributed by atoms with Gasteiger partial charge in [-0.1, -0.05) is 24.3 Å². The fraction of sp³-hybridized carbons (Fsp3) is 0. The van der Waals surface area contributed by atoms with E-state index in [4.69, 9.17) is 18.9 Å². The van der Waals surface area contributed by atoms with Crippen LogP contribution in [-0.2, 0) is 0 Å². The number of aromatic carboxylic acids is 5. The maximum atomic E-state index is 12.7. The Bertz CT molecular complexity index is 2140. The van der Waals surface area contributed by atoms with Crippen LogP contribution in [0.4, 0.5) is 0 Å². The van der Waals surface area contributed by atoms with Crippen molar-refractivity contribution in [1.29, 1.82) is 0 Å². The van der Waals surface area contributed by atoms with E-state index in [2.05, 4.69) is 0 Å². The normalized spacial score (nSPS) is 10.4. The molecule has 0 aromatic heterocycles. The molecule has 5 aromatic carbocycles. The van der Waals surface area contributed by atoms with Gasteiger partial charge in [-0.3, -0.25) is 0 Å². The Balaban J connectivity index is 1.80. The minimum Gasteiger partial charge on any atom is -0.478 e. The Morgan fingerprint density at radius 1 is 0.367 bits per heavy atom. The van der Waals surface area contributed by atoms with Gasteiger partial charge in [0.15, 0.2) is 11.5 Å². The van der Waals surface area contributed by atoms with Gasteiger partial charge in [0.05, 0.1) is 22.3 Å². The van der Waals surface area contributed by atoms with Crippen molar-refractivity contribution in [2.75, 3.05) is 0 Å². The summed E-state index contributed by atoms with van der Waals surface area (Å²) in [6.07, 6.45) is 0. The summed E-state index contributed by atoms with van der Waals surface area (Å²) in [5, 5.41) is 48.4. The average Bonchev–Trinajstić information content (AvgIpc) is 3.07. The maximum Gasteiger partial charge on any atom is 0.339 e. The van der Waals surface area contributed by atoms with Gasteiger partial charge in [-0.15, -0.1) is 0 Å². The highest BCUT2D eigenvalue weighted by molar-refractivity contribution is 5.95. The van der Waals surface area contributed by atoms with Gasteiger partial charge in [-0.05, 0) is 72.8 Å². The first kappa shape index (κ1) is 33.0. The van der Waals surface area contributed by atoms with Crippen LogP contribution in [0.15, 0.2) is 103 Å². The van der Waals surface area contributed by atoms with Crippen LogP contribution in [0.25, 0.3) is 0 Å². The zero-order valence-electron chi connectivity index (χ0n) is 24.7. The summed E-state index contributed by atoms with van der Waals surface area (Å²) in [4.78, 5) is 59.5. The van der Waals surface area contributed by atoms with Gasteiger partial charge in [-0.25, -0.2) is 24.0 Å². The summed E-state index contributed by atoms with van der Waals surface area (Å²) >= 11 is 0. The van der Waals surface area contributed by atoms with Gasteiger partial charge >= 0.3 is 29.8 Å². The van der Waals surface area contributed by atoms with Crippen molar-refractivity contribution in [3.8, 4) is 46.0 Å². The first-order valence-corrected chi connectivity index (χ1v) is 13.9. The van der Waals surface area contributed by atoms with Crippen LogP contribution >= 0.6 is 0 Å². The summed E-state index contributed by atoms with van der Waals surface area (Å²) in [6.45, 7) is 0. The largest absolute Gasteiger partial charge is 0.478 e. The second-order valence-corrected chi connectivity index (χ2v) is 9.95. The molecule has 0 atom stereocenters. The van der Waals surface area contributed by atoms with E-state index in [1.54, 1.807) is 0 Å². The molecule has 0 aliphatic rings. The molecule has 0 spiro atoms. The number of carbonyl (C=O) groups is 5. The van der Waals surface area contributed by atoms with E-state index in [0.717, 1.165) is 30.3 Å². The van der Waals surface area contributed by atoms with Crippen molar-refractivity contribution in [2.24, 2.45) is 0 Å². The summed E-state index contributed by atoms with van der Waals surface area (Å²) in [5.41, 5.74) is -1.38.